The Balaban J connectivity index is 1.53. The van der Waals surface area contributed by atoms with E-state index in [0.717, 1.165) is 53.5 Å². The molecule has 3 rings (SSSR count). The van der Waals surface area contributed by atoms with E-state index in [9.17, 15) is 0 Å². The molecule has 0 amide bonds. The largest absolute Gasteiger partial charge is 0.454 e. The minimum atomic E-state index is 0.265. The zero-order valence-electron chi connectivity index (χ0n) is 14.2. The lowest BCUT2D eigenvalue weighted by atomic mass is 10.2. The van der Waals surface area contributed by atoms with Crippen LogP contribution in [0.15, 0.2) is 40.1 Å². The van der Waals surface area contributed by atoms with Gasteiger partial charge in [-0.25, -0.2) is 4.99 Å². The summed E-state index contributed by atoms with van der Waals surface area (Å²) >= 11 is 3.51. The van der Waals surface area contributed by atoms with Crippen molar-refractivity contribution in [3.05, 3.63) is 40.6 Å². The minimum Gasteiger partial charge on any atom is -0.454 e. The fourth-order valence-corrected chi connectivity index (χ4v) is 3.11. The van der Waals surface area contributed by atoms with Gasteiger partial charge in [-0.2, -0.15) is 5.10 Å². The van der Waals surface area contributed by atoms with Gasteiger partial charge in [-0.1, -0.05) is 0 Å². The number of hydrogen-bond acceptors (Lipinski definition) is 4. The predicted molar refractivity (Wildman–Crippen MR) is 99.9 cm³/mol. The van der Waals surface area contributed by atoms with Crippen molar-refractivity contribution < 1.29 is 9.47 Å². The first-order valence-corrected chi connectivity index (χ1v) is 9.13. The van der Waals surface area contributed by atoms with Crippen molar-refractivity contribution in [2.24, 2.45) is 4.99 Å². The molecule has 1 aromatic heterocycles. The second-order valence-electron chi connectivity index (χ2n) is 5.56. The van der Waals surface area contributed by atoms with Gasteiger partial charge in [0.25, 0.3) is 0 Å². The van der Waals surface area contributed by atoms with E-state index in [2.05, 4.69) is 43.6 Å². The van der Waals surface area contributed by atoms with Crippen LogP contribution in [0, 0.1) is 0 Å². The molecule has 0 saturated carbocycles. The highest BCUT2D eigenvalue weighted by molar-refractivity contribution is 9.10. The second kappa shape index (κ2) is 8.75. The van der Waals surface area contributed by atoms with Crippen LogP contribution in [0.2, 0.25) is 0 Å². The number of benzene rings is 1. The number of aliphatic imine (C=N–C) groups is 1. The van der Waals surface area contributed by atoms with E-state index in [1.165, 1.54) is 0 Å². The van der Waals surface area contributed by atoms with E-state index in [-0.39, 0.29) is 6.79 Å². The standard InChI is InChI=1S/C17H22BrN5O2/c1-2-19-17(20-5-3-7-23-8-4-6-22-23)21-11-13-9-14(18)16-15(10-13)24-12-25-16/h4,6,8-10H,2-3,5,7,11-12H2,1H3,(H2,19,20,21). The van der Waals surface area contributed by atoms with Crippen LogP contribution in [0.5, 0.6) is 11.5 Å². The first-order valence-electron chi connectivity index (χ1n) is 8.34. The van der Waals surface area contributed by atoms with Crippen molar-refractivity contribution >= 4 is 21.9 Å². The van der Waals surface area contributed by atoms with Crippen LogP contribution < -0.4 is 20.1 Å². The van der Waals surface area contributed by atoms with E-state index in [1.54, 1.807) is 6.20 Å². The van der Waals surface area contributed by atoms with Crippen molar-refractivity contribution in [3.8, 4) is 11.5 Å². The number of fused-ring (bicyclic) bond motifs is 1. The molecule has 1 aliphatic heterocycles. The summed E-state index contributed by atoms with van der Waals surface area (Å²) in [4.78, 5) is 4.64. The highest BCUT2D eigenvalue weighted by Gasteiger charge is 2.17. The Morgan fingerprint density at radius 1 is 1.36 bits per heavy atom. The van der Waals surface area contributed by atoms with Crippen molar-refractivity contribution in [2.45, 2.75) is 26.4 Å². The summed E-state index contributed by atoms with van der Waals surface area (Å²) in [6.07, 6.45) is 4.74. The van der Waals surface area contributed by atoms with Crippen LogP contribution in [0.25, 0.3) is 0 Å². The SMILES string of the molecule is CCNC(=NCc1cc(Br)c2c(c1)OCO2)NCCCn1cccn1. The van der Waals surface area contributed by atoms with Crippen molar-refractivity contribution in [3.63, 3.8) is 0 Å². The van der Waals surface area contributed by atoms with Crippen LogP contribution >= 0.6 is 15.9 Å². The van der Waals surface area contributed by atoms with E-state index in [4.69, 9.17) is 9.47 Å². The maximum Gasteiger partial charge on any atom is 0.231 e. The number of rotatable bonds is 7. The lowest BCUT2D eigenvalue weighted by molar-refractivity contribution is 0.173. The summed E-state index contributed by atoms with van der Waals surface area (Å²) < 4.78 is 13.7. The number of nitrogens with one attached hydrogen (secondary N) is 2. The maximum absolute atomic E-state index is 5.45. The molecule has 2 N–H and O–H groups in total. The Hall–Kier alpha value is -2.22. The molecule has 0 saturated heterocycles. The van der Waals surface area contributed by atoms with E-state index in [0.29, 0.717) is 6.54 Å². The highest BCUT2D eigenvalue weighted by Crippen LogP contribution is 2.40. The van der Waals surface area contributed by atoms with Gasteiger partial charge in [-0.3, -0.25) is 4.68 Å². The van der Waals surface area contributed by atoms with Crippen molar-refractivity contribution in [1.82, 2.24) is 20.4 Å². The van der Waals surface area contributed by atoms with Gasteiger partial charge in [0.2, 0.25) is 6.79 Å². The van der Waals surface area contributed by atoms with Crippen LogP contribution in [0.1, 0.15) is 18.9 Å². The van der Waals surface area contributed by atoms with Gasteiger partial charge in [-0.15, -0.1) is 0 Å². The Labute approximate surface area is 155 Å². The molecule has 0 radical (unpaired) electrons. The smallest absolute Gasteiger partial charge is 0.231 e. The molecule has 134 valence electrons. The lowest BCUT2D eigenvalue weighted by Crippen LogP contribution is -2.38. The first kappa shape index (κ1) is 17.6. The minimum absolute atomic E-state index is 0.265. The summed E-state index contributed by atoms with van der Waals surface area (Å²) in [6.45, 7) is 5.41. The lowest BCUT2D eigenvalue weighted by Gasteiger charge is -2.11. The van der Waals surface area contributed by atoms with Crippen LogP contribution in [-0.4, -0.2) is 35.6 Å². The third kappa shape index (κ3) is 4.88. The van der Waals surface area contributed by atoms with Crippen LogP contribution in [-0.2, 0) is 13.1 Å². The van der Waals surface area contributed by atoms with Gasteiger partial charge in [-0.05, 0) is 53.0 Å². The monoisotopic (exact) mass is 407 g/mol. The number of nitrogens with zero attached hydrogens (tertiary/aromatic N) is 3. The molecule has 0 fully saturated rings. The van der Waals surface area contributed by atoms with Crippen molar-refractivity contribution in [1.29, 1.82) is 0 Å². The third-order valence-electron chi connectivity index (χ3n) is 3.67. The summed E-state index contributed by atoms with van der Waals surface area (Å²) in [5.74, 6) is 2.32. The summed E-state index contributed by atoms with van der Waals surface area (Å²) in [5.41, 5.74) is 1.06. The zero-order chi connectivity index (χ0) is 17.5. The average Bonchev–Trinajstić information content (AvgIpc) is 3.28. The molecule has 8 heteroatoms. The van der Waals surface area contributed by atoms with Gasteiger partial charge in [0, 0.05) is 32.0 Å². The third-order valence-corrected chi connectivity index (χ3v) is 4.26. The number of halogens is 1. The molecule has 1 aromatic carbocycles. The normalized spacial score (nSPS) is 13.1. The van der Waals surface area contributed by atoms with Crippen LogP contribution in [0.3, 0.4) is 0 Å². The topological polar surface area (TPSA) is 72.7 Å². The van der Waals surface area contributed by atoms with Crippen molar-refractivity contribution in [2.75, 3.05) is 19.9 Å². The zero-order valence-corrected chi connectivity index (χ0v) is 15.8. The molecule has 0 spiro atoms. The predicted octanol–water partition coefficient (Wildman–Crippen LogP) is 2.52. The molecule has 0 unspecified atom stereocenters. The van der Waals surface area contributed by atoms with Gasteiger partial charge in [0.05, 0.1) is 11.0 Å². The molecule has 0 bridgehead atoms. The summed E-state index contributed by atoms with van der Waals surface area (Å²) in [6, 6.07) is 5.92. The molecular formula is C17H22BrN5O2. The Kier molecular flexibility index (Phi) is 6.16. The number of aromatic nitrogens is 2. The Bertz CT molecular complexity index is 718. The van der Waals surface area contributed by atoms with Gasteiger partial charge < -0.3 is 20.1 Å². The number of hydrogen-bond donors (Lipinski definition) is 2. The quantitative estimate of drug-likeness (QED) is 0.419. The van der Waals surface area contributed by atoms with Crippen LogP contribution in [0.4, 0.5) is 0 Å². The van der Waals surface area contributed by atoms with Gasteiger partial charge in [0.15, 0.2) is 17.5 Å². The fraction of sp³-hybridized carbons (Fsp3) is 0.412. The maximum atomic E-state index is 5.45. The molecule has 0 atom stereocenters. The van der Waals surface area contributed by atoms with Gasteiger partial charge >= 0.3 is 0 Å². The first-order chi connectivity index (χ1) is 12.3. The molecular weight excluding hydrogens is 386 g/mol. The summed E-state index contributed by atoms with van der Waals surface area (Å²) in [5, 5.41) is 10.8. The average molecular weight is 408 g/mol. The highest BCUT2D eigenvalue weighted by atomic mass is 79.9. The number of ether oxygens (including phenoxy) is 2. The number of guanidine groups is 1. The summed E-state index contributed by atoms with van der Waals surface area (Å²) in [7, 11) is 0. The molecule has 25 heavy (non-hydrogen) atoms. The molecule has 2 aromatic rings. The molecule has 0 aliphatic carbocycles. The van der Waals surface area contributed by atoms with E-state index < -0.39 is 0 Å². The second-order valence-corrected chi connectivity index (χ2v) is 6.41. The molecule has 1 aliphatic rings. The van der Waals surface area contributed by atoms with E-state index >= 15 is 0 Å². The Morgan fingerprint density at radius 2 is 2.28 bits per heavy atom. The Morgan fingerprint density at radius 3 is 3.08 bits per heavy atom. The van der Waals surface area contributed by atoms with Gasteiger partial charge in [0.1, 0.15) is 0 Å². The fourth-order valence-electron chi connectivity index (χ4n) is 2.50. The number of aryl methyl sites for hydroxylation is 1. The molecule has 2 heterocycles. The molecule has 7 nitrogen and oxygen atoms in total. The van der Waals surface area contributed by atoms with E-state index in [1.807, 2.05) is 29.1 Å².